The SMILES string of the molecule is CCOC(=O)C(F)(C(O)c1ccc(C)cc1)C(O)c1ccc(C)cc1. The molecule has 2 atom stereocenters. The zero-order valence-corrected chi connectivity index (χ0v) is 14.6. The van der Waals surface area contributed by atoms with Crippen LogP contribution >= 0.6 is 0 Å². The molecule has 0 radical (unpaired) electrons. The van der Waals surface area contributed by atoms with Gasteiger partial charge in [-0.2, -0.15) is 0 Å². The van der Waals surface area contributed by atoms with E-state index in [9.17, 15) is 15.0 Å². The van der Waals surface area contributed by atoms with Crippen LogP contribution in [0.3, 0.4) is 0 Å². The first kappa shape index (κ1) is 19.1. The van der Waals surface area contributed by atoms with Gasteiger partial charge < -0.3 is 14.9 Å². The smallest absolute Gasteiger partial charge is 0.350 e. The summed E-state index contributed by atoms with van der Waals surface area (Å²) in [5.41, 5.74) is -0.800. The average molecular weight is 346 g/mol. The first-order valence-corrected chi connectivity index (χ1v) is 8.16. The molecule has 0 saturated carbocycles. The van der Waals surface area contributed by atoms with E-state index >= 15 is 4.39 Å². The van der Waals surface area contributed by atoms with E-state index in [1.165, 1.54) is 31.2 Å². The van der Waals surface area contributed by atoms with Crippen LogP contribution in [0.4, 0.5) is 4.39 Å². The van der Waals surface area contributed by atoms with E-state index in [0.717, 1.165) is 11.1 Å². The fourth-order valence-corrected chi connectivity index (χ4v) is 2.60. The largest absolute Gasteiger partial charge is 0.463 e. The Kier molecular flexibility index (Phi) is 5.93. The van der Waals surface area contributed by atoms with Gasteiger partial charge in [0, 0.05) is 0 Å². The third-order valence-corrected chi connectivity index (χ3v) is 4.17. The molecule has 4 nitrogen and oxygen atoms in total. The second-order valence-electron chi connectivity index (χ2n) is 6.11. The molecule has 2 aromatic carbocycles. The maximum Gasteiger partial charge on any atom is 0.350 e. The van der Waals surface area contributed by atoms with Gasteiger partial charge in [-0.25, -0.2) is 9.18 Å². The Labute approximate surface area is 146 Å². The van der Waals surface area contributed by atoms with Gasteiger partial charge in [0.15, 0.2) is 0 Å². The number of aliphatic hydroxyl groups excluding tert-OH is 2. The number of esters is 1. The molecule has 134 valence electrons. The van der Waals surface area contributed by atoms with Crippen LogP contribution in [0.15, 0.2) is 48.5 Å². The lowest BCUT2D eigenvalue weighted by Gasteiger charge is -2.33. The van der Waals surface area contributed by atoms with Crippen LogP contribution in [0, 0.1) is 13.8 Å². The second kappa shape index (κ2) is 7.76. The Morgan fingerprint density at radius 1 is 0.960 bits per heavy atom. The molecular weight excluding hydrogens is 323 g/mol. The Morgan fingerprint density at radius 3 is 1.64 bits per heavy atom. The Bertz CT molecular complexity index is 658. The third-order valence-electron chi connectivity index (χ3n) is 4.17. The second-order valence-corrected chi connectivity index (χ2v) is 6.11. The van der Waals surface area contributed by atoms with Crippen molar-refractivity contribution in [2.24, 2.45) is 0 Å². The number of hydrogen-bond donors (Lipinski definition) is 2. The maximum absolute atomic E-state index is 15.8. The van der Waals surface area contributed by atoms with Crippen LogP contribution in [-0.2, 0) is 9.53 Å². The molecule has 0 fully saturated rings. The number of benzene rings is 2. The van der Waals surface area contributed by atoms with Gasteiger partial charge in [0.1, 0.15) is 12.2 Å². The van der Waals surface area contributed by atoms with Crippen LogP contribution < -0.4 is 0 Å². The Morgan fingerprint density at radius 2 is 1.32 bits per heavy atom. The number of carbonyl (C=O) groups is 1. The van der Waals surface area contributed by atoms with Crippen molar-refractivity contribution in [3.05, 3.63) is 70.8 Å². The molecule has 0 bridgehead atoms. The molecule has 0 aromatic heterocycles. The van der Waals surface area contributed by atoms with E-state index in [4.69, 9.17) is 4.74 Å². The number of aliphatic hydroxyl groups is 2. The normalized spacial score (nSPS) is 15.9. The van der Waals surface area contributed by atoms with Crippen molar-refractivity contribution in [2.75, 3.05) is 6.61 Å². The summed E-state index contributed by atoms with van der Waals surface area (Å²) >= 11 is 0. The summed E-state index contributed by atoms with van der Waals surface area (Å²) in [6.07, 6.45) is -3.74. The number of halogens is 1. The number of alkyl halides is 1. The van der Waals surface area contributed by atoms with Crippen molar-refractivity contribution in [1.29, 1.82) is 0 Å². The van der Waals surface area contributed by atoms with Gasteiger partial charge in [-0.3, -0.25) is 0 Å². The van der Waals surface area contributed by atoms with Crippen molar-refractivity contribution in [3.63, 3.8) is 0 Å². The summed E-state index contributed by atoms with van der Waals surface area (Å²) in [4.78, 5) is 12.3. The van der Waals surface area contributed by atoms with E-state index in [-0.39, 0.29) is 17.7 Å². The molecule has 2 N–H and O–H groups in total. The quantitative estimate of drug-likeness (QED) is 0.787. The van der Waals surface area contributed by atoms with Gasteiger partial charge >= 0.3 is 5.97 Å². The van der Waals surface area contributed by atoms with E-state index in [1.54, 1.807) is 24.3 Å². The monoisotopic (exact) mass is 346 g/mol. The Hall–Kier alpha value is -2.24. The fourth-order valence-electron chi connectivity index (χ4n) is 2.60. The molecule has 0 heterocycles. The third kappa shape index (κ3) is 3.89. The molecule has 2 aromatic rings. The molecule has 0 spiro atoms. The molecular formula is C20H23FO4. The summed E-state index contributed by atoms with van der Waals surface area (Å²) in [7, 11) is 0. The van der Waals surface area contributed by atoms with E-state index in [2.05, 4.69) is 0 Å². The maximum atomic E-state index is 15.8. The van der Waals surface area contributed by atoms with Crippen LogP contribution in [0.1, 0.15) is 41.4 Å². The highest BCUT2D eigenvalue weighted by Gasteiger charge is 2.54. The highest BCUT2D eigenvalue weighted by atomic mass is 19.1. The lowest BCUT2D eigenvalue weighted by Crippen LogP contribution is -2.47. The van der Waals surface area contributed by atoms with E-state index in [1.807, 2.05) is 13.8 Å². The summed E-state index contributed by atoms with van der Waals surface area (Å²) in [6.45, 7) is 5.18. The fraction of sp³-hybridized carbons (Fsp3) is 0.350. The van der Waals surface area contributed by atoms with Crippen molar-refractivity contribution >= 4 is 5.97 Å². The molecule has 2 rings (SSSR count). The minimum absolute atomic E-state index is 0.0638. The average Bonchev–Trinajstić information content (AvgIpc) is 2.61. The summed E-state index contributed by atoms with van der Waals surface area (Å²) in [5.74, 6) is -1.30. The predicted molar refractivity (Wildman–Crippen MR) is 92.7 cm³/mol. The van der Waals surface area contributed by atoms with Gasteiger partial charge in [0.25, 0.3) is 5.67 Å². The topological polar surface area (TPSA) is 66.8 Å². The molecule has 25 heavy (non-hydrogen) atoms. The molecule has 5 heteroatoms. The predicted octanol–water partition coefficient (Wildman–Crippen LogP) is 3.34. The molecule has 0 aliphatic heterocycles. The molecule has 0 aliphatic carbocycles. The summed E-state index contributed by atoms with van der Waals surface area (Å²) < 4.78 is 20.6. The van der Waals surface area contributed by atoms with Crippen LogP contribution in [0.2, 0.25) is 0 Å². The minimum atomic E-state index is -3.03. The summed E-state index contributed by atoms with van der Waals surface area (Å²) in [5, 5.41) is 21.2. The van der Waals surface area contributed by atoms with E-state index < -0.39 is 23.8 Å². The Balaban J connectivity index is 2.47. The highest BCUT2D eigenvalue weighted by Crippen LogP contribution is 2.41. The van der Waals surface area contributed by atoms with Gasteiger partial charge in [-0.05, 0) is 31.9 Å². The number of carbonyl (C=O) groups excluding carboxylic acids is 1. The number of aryl methyl sites for hydroxylation is 2. The minimum Gasteiger partial charge on any atom is -0.463 e. The number of rotatable bonds is 6. The lowest BCUT2D eigenvalue weighted by atomic mass is 9.84. The van der Waals surface area contributed by atoms with Crippen LogP contribution in [0.5, 0.6) is 0 Å². The number of ether oxygens (including phenoxy) is 1. The highest BCUT2D eigenvalue weighted by molar-refractivity contribution is 5.82. The first-order chi connectivity index (χ1) is 11.8. The zero-order valence-electron chi connectivity index (χ0n) is 14.6. The molecule has 0 amide bonds. The van der Waals surface area contributed by atoms with Crippen LogP contribution in [0.25, 0.3) is 0 Å². The van der Waals surface area contributed by atoms with Crippen molar-refractivity contribution in [2.45, 2.75) is 38.6 Å². The van der Waals surface area contributed by atoms with E-state index in [0.29, 0.717) is 0 Å². The van der Waals surface area contributed by atoms with Gasteiger partial charge in [0.05, 0.1) is 6.61 Å². The summed E-state index contributed by atoms with van der Waals surface area (Å²) in [6, 6.07) is 12.9. The first-order valence-electron chi connectivity index (χ1n) is 8.16. The van der Waals surface area contributed by atoms with Crippen LogP contribution in [-0.4, -0.2) is 28.5 Å². The molecule has 2 unspecified atom stereocenters. The molecule has 0 saturated heterocycles. The van der Waals surface area contributed by atoms with Crippen molar-refractivity contribution in [1.82, 2.24) is 0 Å². The number of hydrogen-bond acceptors (Lipinski definition) is 4. The standard InChI is InChI=1S/C20H23FO4/c1-4-25-19(24)20(21,17(22)15-9-5-13(2)6-10-15)18(23)16-11-7-14(3)8-12-16/h5-12,17-18,22-23H,4H2,1-3H3. The lowest BCUT2D eigenvalue weighted by molar-refractivity contribution is -0.181. The van der Waals surface area contributed by atoms with Gasteiger partial charge in [-0.15, -0.1) is 0 Å². The van der Waals surface area contributed by atoms with Crippen molar-refractivity contribution < 1.29 is 24.1 Å². The molecule has 0 aliphatic rings. The zero-order chi connectivity index (χ0) is 18.6. The van der Waals surface area contributed by atoms with Crippen molar-refractivity contribution in [3.8, 4) is 0 Å². The van der Waals surface area contributed by atoms with Gasteiger partial charge in [0.2, 0.25) is 0 Å². The van der Waals surface area contributed by atoms with Gasteiger partial charge in [-0.1, -0.05) is 59.7 Å².